The van der Waals surface area contributed by atoms with Crippen LogP contribution in [0, 0.1) is 0 Å². The van der Waals surface area contributed by atoms with E-state index in [1.54, 1.807) is 18.5 Å². The van der Waals surface area contributed by atoms with E-state index in [1.165, 1.54) is 0 Å². The van der Waals surface area contributed by atoms with Crippen LogP contribution in [0.25, 0.3) is 10.8 Å². The van der Waals surface area contributed by atoms with Crippen molar-refractivity contribution in [2.75, 3.05) is 0 Å². The van der Waals surface area contributed by atoms with Crippen LogP contribution in [0.1, 0.15) is 5.56 Å². The number of pyridine rings is 1. The molecule has 0 radical (unpaired) electrons. The molecule has 0 aliphatic rings. The summed E-state index contributed by atoms with van der Waals surface area (Å²) in [6, 6.07) is 7.41. The minimum atomic E-state index is -0.415. The van der Waals surface area contributed by atoms with Gasteiger partial charge < -0.3 is 0 Å². The van der Waals surface area contributed by atoms with Crippen LogP contribution in [0.2, 0.25) is 0 Å². The molecule has 0 atom stereocenters. The van der Waals surface area contributed by atoms with Gasteiger partial charge in [-0.3, -0.25) is 4.98 Å². The maximum absolute atomic E-state index is 12.4. The number of fused-ring (bicyclic) bond motifs is 1. The molecule has 0 unspecified atom stereocenters. The van der Waals surface area contributed by atoms with Crippen LogP contribution < -0.4 is 0 Å². The first kappa shape index (κ1) is 7.22. The summed E-state index contributed by atoms with van der Waals surface area (Å²) in [6.07, 6.45) is 3.43. The number of benzene rings is 1. The maximum Gasteiger partial charge on any atom is 0.115 e. The van der Waals surface area contributed by atoms with E-state index in [1.807, 2.05) is 18.2 Å². The van der Waals surface area contributed by atoms with Gasteiger partial charge in [0.05, 0.1) is 0 Å². The van der Waals surface area contributed by atoms with Gasteiger partial charge in [-0.2, -0.15) is 0 Å². The molecule has 0 N–H and O–H groups in total. The third-order valence-corrected chi connectivity index (χ3v) is 1.92. The number of aromatic nitrogens is 1. The van der Waals surface area contributed by atoms with Crippen LogP contribution in [0.4, 0.5) is 4.39 Å². The molecule has 0 fully saturated rings. The van der Waals surface area contributed by atoms with E-state index >= 15 is 0 Å². The highest BCUT2D eigenvalue weighted by Crippen LogP contribution is 2.17. The molecule has 1 nitrogen and oxygen atoms in total. The zero-order valence-corrected chi connectivity index (χ0v) is 6.50. The second-order valence-corrected chi connectivity index (χ2v) is 2.65. The average molecular weight is 161 g/mol. The molecule has 2 rings (SSSR count). The number of nitrogens with zero attached hydrogens (tertiary/aromatic N) is 1. The fourth-order valence-corrected chi connectivity index (χ4v) is 1.31. The minimum absolute atomic E-state index is 0.415. The molecule has 2 aromatic rings. The highest BCUT2D eigenvalue weighted by atomic mass is 19.1. The lowest BCUT2D eigenvalue weighted by atomic mass is 10.1. The molecular weight excluding hydrogens is 153 g/mol. The summed E-state index contributed by atoms with van der Waals surface area (Å²) in [5.74, 6) is 0. The Kier molecular flexibility index (Phi) is 1.74. The van der Waals surface area contributed by atoms with Crippen molar-refractivity contribution in [3.63, 3.8) is 0 Å². The van der Waals surface area contributed by atoms with Gasteiger partial charge in [-0.15, -0.1) is 0 Å². The third kappa shape index (κ3) is 1.05. The fourth-order valence-electron chi connectivity index (χ4n) is 1.31. The van der Waals surface area contributed by atoms with E-state index in [9.17, 15) is 4.39 Å². The summed E-state index contributed by atoms with van der Waals surface area (Å²) in [7, 11) is 0. The summed E-state index contributed by atoms with van der Waals surface area (Å²) in [6.45, 7) is -0.415. The Hall–Kier alpha value is -1.44. The van der Waals surface area contributed by atoms with Crippen LogP contribution in [-0.4, -0.2) is 4.98 Å². The predicted molar refractivity (Wildman–Crippen MR) is 46.6 cm³/mol. The molecule has 2 heteroatoms. The van der Waals surface area contributed by atoms with Gasteiger partial charge in [-0.1, -0.05) is 18.2 Å². The van der Waals surface area contributed by atoms with Crippen molar-refractivity contribution in [3.8, 4) is 0 Å². The van der Waals surface area contributed by atoms with Crippen molar-refractivity contribution >= 4 is 10.8 Å². The Labute approximate surface area is 69.9 Å². The van der Waals surface area contributed by atoms with Crippen LogP contribution in [-0.2, 0) is 6.67 Å². The summed E-state index contributed by atoms with van der Waals surface area (Å²) in [5.41, 5.74) is 0.731. The standard InChI is InChI=1S/C10H8FN/c11-6-8-2-1-3-9-7-12-5-4-10(8)9/h1-5,7H,6H2. The van der Waals surface area contributed by atoms with Crippen LogP contribution in [0.3, 0.4) is 0 Å². The van der Waals surface area contributed by atoms with Crippen molar-refractivity contribution in [2.24, 2.45) is 0 Å². The molecule has 0 aliphatic heterocycles. The van der Waals surface area contributed by atoms with Gasteiger partial charge in [0.1, 0.15) is 6.67 Å². The van der Waals surface area contributed by atoms with E-state index in [0.29, 0.717) is 0 Å². The summed E-state index contributed by atoms with van der Waals surface area (Å²) in [5, 5.41) is 1.95. The number of hydrogen-bond acceptors (Lipinski definition) is 1. The number of alkyl halides is 1. The van der Waals surface area contributed by atoms with Gasteiger partial charge in [0, 0.05) is 17.8 Å². The number of hydrogen-bond donors (Lipinski definition) is 0. The molecule has 60 valence electrons. The lowest BCUT2D eigenvalue weighted by Gasteiger charge is -2.00. The van der Waals surface area contributed by atoms with Gasteiger partial charge in [0.2, 0.25) is 0 Å². The molecule has 0 spiro atoms. The zero-order valence-electron chi connectivity index (χ0n) is 6.50. The van der Waals surface area contributed by atoms with Crippen LogP contribution in [0.15, 0.2) is 36.7 Å². The second-order valence-electron chi connectivity index (χ2n) is 2.65. The highest BCUT2D eigenvalue weighted by Gasteiger charge is 1.97. The minimum Gasteiger partial charge on any atom is -0.264 e. The first-order chi connectivity index (χ1) is 5.92. The number of rotatable bonds is 1. The Bertz CT molecular complexity index is 392. The first-order valence-electron chi connectivity index (χ1n) is 3.79. The van der Waals surface area contributed by atoms with E-state index in [4.69, 9.17) is 0 Å². The molecule has 1 heterocycles. The van der Waals surface area contributed by atoms with Gasteiger partial charge in [-0.25, -0.2) is 4.39 Å². The topological polar surface area (TPSA) is 12.9 Å². The monoisotopic (exact) mass is 161 g/mol. The molecule has 0 amide bonds. The quantitative estimate of drug-likeness (QED) is 0.626. The third-order valence-electron chi connectivity index (χ3n) is 1.92. The molecule has 0 saturated carbocycles. The van der Waals surface area contributed by atoms with Crippen LogP contribution >= 0.6 is 0 Å². The Morgan fingerprint density at radius 1 is 1.25 bits per heavy atom. The predicted octanol–water partition coefficient (Wildman–Crippen LogP) is 2.70. The molecule has 1 aromatic carbocycles. The lowest BCUT2D eigenvalue weighted by molar-refractivity contribution is 0.488. The lowest BCUT2D eigenvalue weighted by Crippen LogP contribution is -1.82. The Morgan fingerprint density at radius 3 is 3.00 bits per heavy atom. The Morgan fingerprint density at radius 2 is 2.17 bits per heavy atom. The van der Waals surface area contributed by atoms with E-state index < -0.39 is 6.67 Å². The van der Waals surface area contributed by atoms with Crippen molar-refractivity contribution in [2.45, 2.75) is 6.67 Å². The van der Waals surface area contributed by atoms with E-state index in [0.717, 1.165) is 16.3 Å². The van der Waals surface area contributed by atoms with Gasteiger partial charge in [0.15, 0.2) is 0 Å². The van der Waals surface area contributed by atoms with Crippen molar-refractivity contribution in [1.29, 1.82) is 0 Å². The maximum atomic E-state index is 12.4. The zero-order chi connectivity index (χ0) is 8.39. The molecule has 0 bridgehead atoms. The first-order valence-corrected chi connectivity index (χ1v) is 3.79. The van der Waals surface area contributed by atoms with Gasteiger partial charge in [0.25, 0.3) is 0 Å². The molecule has 0 saturated heterocycles. The normalized spacial score (nSPS) is 10.4. The largest absolute Gasteiger partial charge is 0.264 e. The second kappa shape index (κ2) is 2.89. The SMILES string of the molecule is FCc1cccc2cnccc12. The molecule has 0 aliphatic carbocycles. The number of halogens is 1. The van der Waals surface area contributed by atoms with E-state index in [2.05, 4.69) is 4.98 Å². The van der Waals surface area contributed by atoms with Crippen LogP contribution in [0.5, 0.6) is 0 Å². The smallest absolute Gasteiger partial charge is 0.115 e. The summed E-state index contributed by atoms with van der Waals surface area (Å²) < 4.78 is 12.4. The van der Waals surface area contributed by atoms with Crippen molar-refractivity contribution in [1.82, 2.24) is 4.98 Å². The van der Waals surface area contributed by atoms with Gasteiger partial charge >= 0.3 is 0 Å². The highest BCUT2D eigenvalue weighted by molar-refractivity contribution is 5.84. The summed E-state index contributed by atoms with van der Waals surface area (Å²) >= 11 is 0. The van der Waals surface area contributed by atoms with E-state index in [-0.39, 0.29) is 0 Å². The molecular formula is C10H8FN. The molecule has 12 heavy (non-hydrogen) atoms. The average Bonchev–Trinajstić information content (AvgIpc) is 2.17. The summed E-state index contributed by atoms with van der Waals surface area (Å²) in [4.78, 5) is 3.97. The Balaban J connectivity index is 2.79. The van der Waals surface area contributed by atoms with Gasteiger partial charge in [-0.05, 0) is 17.0 Å². The van der Waals surface area contributed by atoms with Crippen molar-refractivity contribution < 1.29 is 4.39 Å². The fraction of sp³-hybridized carbons (Fsp3) is 0.100. The molecule has 1 aromatic heterocycles. The van der Waals surface area contributed by atoms with Crippen molar-refractivity contribution in [3.05, 3.63) is 42.2 Å².